The van der Waals surface area contributed by atoms with Crippen LogP contribution in [0.15, 0.2) is 6.07 Å². The zero-order chi connectivity index (χ0) is 18.1. The van der Waals surface area contributed by atoms with E-state index in [1.54, 1.807) is 18.0 Å². The largest absolute Gasteiger partial charge is 0.444 e. The van der Waals surface area contributed by atoms with Crippen LogP contribution in [0.3, 0.4) is 0 Å². The molecule has 0 bridgehead atoms. The molecule has 0 spiro atoms. The van der Waals surface area contributed by atoms with Crippen molar-refractivity contribution in [3.8, 4) is 0 Å². The molecule has 0 saturated carbocycles. The summed E-state index contributed by atoms with van der Waals surface area (Å²) in [5, 5.41) is 0.458. The fraction of sp³-hybridized carbons (Fsp3) is 0.706. The van der Waals surface area contributed by atoms with Gasteiger partial charge in [0.15, 0.2) is 0 Å². The molecule has 0 unspecified atom stereocenters. The lowest BCUT2D eigenvalue weighted by atomic mass is 10.1. The smallest absolute Gasteiger partial charge is 0.410 e. The molecule has 1 fully saturated rings. The van der Waals surface area contributed by atoms with Crippen molar-refractivity contribution in [2.75, 3.05) is 25.0 Å². The highest BCUT2D eigenvalue weighted by Gasteiger charge is 2.35. The zero-order valence-corrected chi connectivity index (χ0v) is 16.1. The van der Waals surface area contributed by atoms with E-state index in [1.807, 2.05) is 20.8 Å². The number of carbonyl (C=O) groups excluding carboxylic acids is 1. The molecule has 24 heavy (non-hydrogen) atoms. The number of carbonyl (C=O) groups is 1. The van der Waals surface area contributed by atoms with Gasteiger partial charge >= 0.3 is 6.09 Å². The maximum Gasteiger partial charge on any atom is 0.410 e. The first-order valence-electron chi connectivity index (χ1n) is 8.29. The van der Waals surface area contributed by atoms with Crippen molar-refractivity contribution in [3.63, 3.8) is 0 Å². The normalized spacial score (nSPS) is 15.4. The Morgan fingerprint density at radius 3 is 2.58 bits per heavy atom. The van der Waals surface area contributed by atoms with Gasteiger partial charge in [-0.15, -0.1) is 0 Å². The fourth-order valence-electron chi connectivity index (χ4n) is 2.44. The van der Waals surface area contributed by atoms with Crippen molar-refractivity contribution in [1.29, 1.82) is 0 Å². The maximum atomic E-state index is 12.1. The highest BCUT2D eigenvalue weighted by Crippen LogP contribution is 2.25. The second-order valence-corrected chi connectivity index (χ2v) is 8.10. The van der Waals surface area contributed by atoms with Crippen molar-refractivity contribution >= 4 is 23.5 Å². The van der Waals surface area contributed by atoms with Crippen molar-refractivity contribution in [2.24, 2.45) is 5.92 Å². The fourth-order valence-corrected chi connectivity index (χ4v) is 2.64. The molecular formula is C17H27ClN4O2. The first-order valence-corrected chi connectivity index (χ1v) is 8.67. The van der Waals surface area contributed by atoms with Crippen LogP contribution in [0.1, 0.15) is 40.4 Å². The second kappa shape index (κ2) is 7.13. The van der Waals surface area contributed by atoms with Crippen LogP contribution in [-0.2, 0) is 11.2 Å². The first-order chi connectivity index (χ1) is 11.0. The van der Waals surface area contributed by atoms with Gasteiger partial charge in [-0.2, -0.15) is 0 Å². The predicted octanol–water partition coefficient (Wildman–Crippen LogP) is 3.38. The SMILES string of the molecule is CC(C)Cc1nc(Cl)cc(N2CC(N(C)C(=O)OC(C)(C)C)C2)n1. The summed E-state index contributed by atoms with van der Waals surface area (Å²) in [5.74, 6) is 2.05. The molecule has 2 heterocycles. The van der Waals surface area contributed by atoms with Gasteiger partial charge in [0.25, 0.3) is 0 Å². The minimum atomic E-state index is -0.485. The summed E-state index contributed by atoms with van der Waals surface area (Å²) in [5.41, 5.74) is -0.485. The van der Waals surface area contributed by atoms with Gasteiger partial charge in [-0.05, 0) is 26.7 Å². The van der Waals surface area contributed by atoms with Crippen LogP contribution in [0.2, 0.25) is 5.15 Å². The van der Waals surface area contributed by atoms with E-state index >= 15 is 0 Å². The Balaban J connectivity index is 1.96. The lowest BCUT2D eigenvalue weighted by molar-refractivity contribution is 0.0196. The molecule has 1 aromatic rings. The van der Waals surface area contributed by atoms with Crippen LogP contribution in [0, 0.1) is 5.92 Å². The molecule has 0 radical (unpaired) electrons. The number of nitrogens with zero attached hydrogens (tertiary/aromatic N) is 4. The number of hydrogen-bond donors (Lipinski definition) is 0. The van der Waals surface area contributed by atoms with E-state index in [1.165, 1.54) is 0 Å². The number of rotatable bonds is 4. The summed E-state index contributed by atoms with van der Waals surface area (Å²) < 4.78 is 5.40. The van der Waals surface area contributed by atoms with Crippen LogP contribution >= 0.6 is 11.6 Å². The number of hydrogen-bond acceptors (Lipinski definition) is 5. The summed E-state index contributed by atoms with van der Waals surface area (Å²) in [4.78, 5) is 24.7. The van der Waals surface area contributed by atoms with Gasteiger partial charge in [0, 0.05) is 32.6 Å². The second-order valence-electron chi connectivity index (χ2n) is 7.71. The van der Waals surface area contributed by atoms with E-state index in [4.69, 9.17) is 16.3 Å². The minimum absolute atomic E-state index is 0.113. The summed E-state index contributed by atoms with van der Waals surface area (Å²) in [6.07, 6.45) is 0.496. The van der Waals surface area contributed by atoms with Gasteiger partial charge in [-0.3, -0.25) is 0 Å². The summed E-state index contributed by atoms with van der Waals surface area (Å²) >= 11 is 6.12. The first kappa shape index (κ1) is 18.8. The third kappa shape index (κ3) is 4.97. The highest BCUT2D eigenvalue weighted by molar-refractivity contribution is 6.29. The van der Waals surface area contributed by atoms with Crippen molar-refractivity contribution in [1.82, 2.24) is 14.9 Å². The molecule has 0 aliphatic carbocycles. The Bertz CT molecular complexity index is 595. The standard InChI is InChI=1S/C17H27ClN4O2/c1-11(2)7-14-19-13(18)8-15(20-14)22-9-12(10-22)21(6)16(23)24-17(3,4)5/h8,11-12H,7,9-10H2,1-6H3. The van der Waals surface area contributed by atoms with E-state index in [2.05, 4.69) is 28.7 Å². The zero-order valence-electron chi connectivity index (χ0n) is 15.3. The molecule has 134 valence electrons. The minimum Gasteiger partial charge on any atom is -0.444 e. The summed E-state index contributed by atoms with van der Waals surface area (Å²) in [7, 11) is 1.77. The summed E-state index contributed by atoms with van der Waals surface area (Å²) in [6.45, 7) is 11.3. The van der Waals surface area contributed by atoms with Gasteiger partial charge in [-0.1, -0.05) is 25.4 Å². The van der Waals surface area contributed by atoms with Crippen LogP contribution in [0.25, 0.3) is 0 Å². The van der Waals surface area contributed by atoms with Gasteiger partial charge in [-0.25, -0.2) is 14.8 Å². The van der Waals surface area contributed by atoms with Gasteiger partial charge < -0.3 is 14.5 Å². The Labute approximate surface area is 149 Å². The quantitative estimate of drug-likeness (QED) is 0.776. The predicted molar refractivity (Wildman–Crippen MR) is 95.6 cm³/mol. The van der Waals surface area contributed by atoms with Crippen molar-refractivity contribution in [2.45, 2.75) is 52.7 Å². The number of anilines is 1. The molecule has 1 aliphatic heterocycles. The van der Waals surface area contributed by atoms with Crippen molar-refractivity contribution in [3.05, 3.63) is 17.0 Å². The maximum absolute atomic E-state index is 12.1. The molecular weight excluding hydrogens is 328 g/mol. The molecule has 0 atom stereocenters. The molecule has 1 aromatic heterocycles. The molecule has 1 aliphatic rings. The molecule has 1 saturated heterocycles. The lowest BCUT2D eigenvalue weighted by Gasteiger charge is -2.44. The van der Waals surface area contributed by atoms with Crippen LogP contribution in [-0.4, -0.2) is 52.7 Å². The Hall–Kier alpha value is -1.56. The van der Waals surface area contributed by atoms with Gasteiger partial charge in [0.05, 0.1) is 6.04 Å². The Morgan fingerprint density at radius 2 is 2.04 bits per heavy atom. The van der Waals surface area contributed by atoms with E-state index in [0.717, 1.165) is 18.1 Å². The Kier molecular flexibility index (Phi) is 5.58. The topological polar surface area (TPSA) is 58.6 Å². The lowest BCUT2D eigenvalue weighted by Crippen LogP contribution is -2.60. The Morgan fingerprint density at radius 1 is 1.42 bits per heavy atom. The molecule has 0 N–H and O–H groups in total. The average molecular weight is 355 g/mol. The highest BCUT2D eigenvalue weighted by atomic mass is 35.5. The van der Waals surface area contributed by atoms with Gasteiger partial charge in [0.2, 0.25) is 0 Å². The molecule has 2 rings (SSSR count). The van der Waals surface area contributed by atoms with Crippen LogP contribution < -0.4 is 4.90 Å². The van der Waals surface area contributed by atoms with E-state index in [0.29, 0.717) is 24.2 Å². The van der Waals surface area contributed by atoms with E-state index in [-0.39, 0.29) is 12.1 Å². The third-order valence-corrected chi connectivity index (χ3v) is 3.93. The summed E-state index contributed by atoms with van der Waals surface area (Å²) in [6, 6.07) is 1.89. The molecule has 7 heteroatoms. The molecule has 6 nitrogen and oxygen atoms in total. The number of amides is 1. The number of ether oxygens (including phenoxy) is 1. The van der Waals surface area contributed by atoms with E-state index in [9.17, 15) is 4.79 Å². The van der Waals surface area contributed by atoms with E-state index < -0.39 is 5.60 Å². The van der Waals surface area contributed by atoms with Crippen LogP contribution in [0.4, 0.5) is 10.6 Å². The average Bonchev–Trinajstić information content (AvgIpc) is 2.32. The number of aromatic nitrogens is 2. The van der Waals surface area contributed by atoms with Gasteiger partial charge in [0.1, 0.15) is 22.4 Å². The van der Waals surface area contributed by atoms with Crippen molar-refractivity contribution < 1.29 is 9.53 Å². The number of likely N-dealkylation sites (N-methyl/N-ethyl adjacent to an activating group) is 1. The van der Waals surface area contributed by atoms with Crippen LogP contribution in [0.5, 0.6) is 0 Å². The molecule has 0 aromatic carbocycles. The third-order valence-electron chi connectivity index (χ3n) is 3.73. The number of halogens is 1. The molecule has 1 amide bonds. The monoisotopic (exact) mass is 354 g/mol.